The predicted octanol–water partition coefficient (Wildman–Crippen LogP) is 4.14. The minimum absolute atomic E-state index is 0.853. The maximum atomic E-state index is 5.29. The summed E-state index contributed by atoms with van der Waals surface area (Å²) in [7, 11) is 1.68. The SMILES string of the molecule is COc1ccc(-c2csc(=Nc3cccnc3)n2CCCn2ccnc2)cc1. The van der Waals surface area contributed by atoms with Gasteiger partial charge in [0.1, 0.15) is 5.75 Å². The van der Waals surface area contributed by atoms with E-state index < -0.39 is 0 Å². The Morgan fingerprint density at radius 1 is 1.07 bits per heavy atom. The molecule has 0 saturated heterocycles. The minimum Gasteiger partial charge on any atom is -0.497 e. The van der Waals surface area contributed by atoms with Gasteiger partial charge in [0.15, 0.2) is 4.80 Å². The molecule has 0 fully saturated rings. The zero-order valence-corrected chi connectivity index (χ0v) is 16.4. The third-order valence-corrected chi connectivity index (χ3v) is 5.27. The molecule has 142 valence electrons. The molecule has 0 bridgehead atoms. The van der Waals surface area contributed by atoms with E-state index in [9.17, 15) is 0 Å². The molecule has 0 N–H and O–H groups in total. The number of pyridine rings is 1. The maximum absolute atomic E-state index is 5.29. The molecule has 6 nitrogen and oxygen atoms in total. The summed E-state index contributed by atoms with van der Waals surface area (Å²) < 4.78 is 9.66. The van der Waals surface area contributed by atoms with Gasteiger partial charge >= 0.3 is 0 Å². The topological polar surface area (TPSA) is 57.2 Å². The largest absolute Gasteiger partial charge is 0.497 e. The molecule has 28 heavy (non-hydrogen) atoms. The van der Waals surface area contributed by atoms with Gasteiger partial charge in [-0.1, -0.05) is 0 Å². The van der Waals surface area contributed by atoms with Gasteiger partial charge in [-0.05, 0) is 48.4 Å². The average Bonchev–Trinajstić information content (AvgIpc) is 3.40. The molecule has 3 aromatic heterocycles. The van der Waals surface area contributed by atoms with Crippen molar-refractivity contribution in [1.82, 2.24) is 19.1 Å². The van der Waals surface area contributed by atoms with Crippen molar-refractivity contribution in [2.24, 2.45) is 4.99 Å². The summed E-state index contributed by atoms with van der Waals surface area (Å²) in [5.74, 6) is 0.853. The van der Waals surface area contributed by atoms with Crippen molar-refractivity contribution in [3.05, 3.63) is 77.7 Å². The predicted molar refractivity (Wildman–Crippen MR) is 111 cm³/mol. The van der Waals surface area contributed by atoms with Gasteiger partial charge in [-0.15, -0.1) is 11.3 Å². The number of aromatic nitrogens is 4. The van der Waals surface area contributed by atoms with Crippen molar-refractivity contribution in [3.8, 4) is 17.0 Å². The summed E-state index contributed by atoms with van der Waals surface area (Å²) in [5.41, 5.74) is 3.15. The summed E-state index contributed by atoms with van der Waals surface area (Å²) in [4.78, 5) is 14.1. The molecule has 0 unspecified atom stereocenters. The lowest BCUT2D eigenvalue weighted by Crippen LogP contribution is -2.17. The summed E-state index contributed by atoms with van der Waals surface area (Å²) in [6.45, 7) is 1.78. The van der Waals surface area contributed by atoms with Crippen LogP contribution in [0.1, 0.15) is 6.42 Å². The zero-order valence-electron chi connectivity index (χ0n) is 15.6. The van der Waals surface area contributed by atoms with E-state index in [4.69, 9.17) is 9.73 Å². The number of hydrogen-bond acceptors (Lipinski definition) is 5. The Morgan fingerprint density at radius 2 is 1.96 bits per heavy atom. The molecule has 3 heterocycles. The fourth-order valence-electron chi connectivity index (χ4n) is 2.99. The average molecular weight is 392 g/mol. The third kappa shape index (κ3) is 4.20. The molecule has 0 atom stereocenters. The Hall–Kier alpha value is -3.19. The second-order valence-electron chi connectivity index (χ2n) is 6.26. The highest BCUT2D eigenvalue weighted by atomic mass is 32.1. The first kappa shape index (κ1) is 18.2. The lowest BCUT2D eigenvalue weighted by Gasteiger charge is -2.10. The molecule has 0 aliphatic carbocycles. The quantitative estimate of drug-likeness (QED) is 0.476. The lowest BCUT2D eigenvalue weighted by atomic mass is 10.1. The van der Waals surface area contributed by atoms with Gasteiger partial charge in [-0.3, -0.25) is 4.98 Å². The Kier molecular flexibility index (Phi) is 5.63. The lowest BCUT2D eigenvalue weighted by molar-refractivity contribution is 0.415. The molecular formula is C21H21N5OS. The van der Waals surface area contributed by atoms with Gasteiger partial charge in [0.05, 0.1) is 31.0 Å². The molecule has 7 heteroatoms. The van der Waals surface area contributed by atoms with Crippen LogP contribution in [0, 0.1) is 0 Å². The van der Waals surface area contributed by atoms with E-state index in [1.165, 1.54) is 0 Å². The van der Waals surface area contributed by atoms with Gasteiger partial charge < -0.3 is 13.9 Å². The first-order chi connectivity index (χ1) is 13.8. The van der Waals surface area contributed by atoms with Gasteiger partial charge in [-0.2, -0.15) is 0 Å². The van der Waals surface area contributed by atoms with Crippen molar-refractivity contribution in [2.75, 3.05) is 7.11 Å². The summed E-state index contributed by atoms with van der Waals surface area (Å²) in [5, 5.41) is 2.16. The third-order valence-electron chi connectivity index (χ3n) is 4.41. The van der Waals surface area contributed by atoms with Gasteiger partial charge in [-0.25, -0.2) is 9.98 Å². The van der Waals surface area contributed by atoms with Crippen molar-refractivity contribution in [2.45, 2.75) is 19.5 Å². The van der Waals surface area contributed by atoms with Crippen molar-refractivity contribution in [3.63, 3.8) is 0 Å². The van der Waals surface area contributed by atoms with Crippen molar-refractivity contribution < 1.29 is 4.74 Å². The number of hydrogen-bond donors (Lipinski definition) is 0. The van der Waals surface area contributed by atoms with Crippen LogP contribution >= 0.6 is 11.3 Å². The fraction of sp³-hybridized carbons (Fsp3) is 0.190. The normalized spacial score (nSPS) is 11.7. The first-order valence-electron chi connectivity index (χ1n) is 9.07. The molecule has 0 saturated carbocycles. The van der Waals surface area contributed by atoms with E-state index in [2.05, 4.69) is 36.6 Å². The molecular weight excluding hydrogens is 370 g/mol. The monoisotopic (exact) mass is 391 g/mol. The van der Waals surface area contributed by atoms with E-state index in [-0.39, 0.29) is 0 Å². The molecule has 0 radical (unpaired) electrons. The molecule has 0 amide bonds. The number of nitrogens with zero attached hydrogens (tertiary/aromatic N) is 5. The van der Waals surface area contributed by atoms with Crippen LogP contribution in [0.25, 0.3) is 11.3 Å². The molecule has 1 aromatic carbocycles. The van der Waals surface area contributed by atoms with Crippen LogP contribution in [0.15, 0.2) is 77.9 Å². The van der Waals surface area contributed by atoms with Crippen LogP contribution in [0.4, 0.5) is 5.69 Å². The number of benzene rings is 1. The molecule has 4 rings (SSSR count). The summed E-state index contributed by atoms with van der Waals surface area (Å²) >= 11 is 1.64. The number of thiazole rings is 1. The number of methoxy groups -OCH3 is 1. The van der Waals surface area contributed by atoms with E-state index in [0.29, 0.717) is 0 Å². The Balaban J connectivity index is 1.67. The van der Waals surface area contributed by atoms with E-state index >= 15 is 0 Å². The second kappa shape index (κ2) is 8.67. The van der Waals surface area contributed by atoms with E-state index in [1.54, 1.807) is 30.8 Å². The molecule has 0 aliphatic heterocycles. The maximum Gasteiger partial charge on any atom is 0.190 e. The standard InChI is InChI=1S/C21H21N5OS/c1-27-19-7-5-17(6-8-19)20-15-28-21(24-18-4-2-9-22-14-18)26(20)12-3-11-25-13-10-23-16-25/h2,4-10,13-16H,3,11-12H2,1H3. The Morgan fingerprint density at radius 3 is 2.68 bits per heavy atom. The number of rotatable bonds is 7. The number of imidazole rings is 1. The highest BCUT2D eigenvalue weighted by Gasteiger charge is 2.09. The highest BCUT2D eigenvalue weighted by Crippen LogP contribution is 2.23. The first-order valence-corrected chi connectivity index (χ1v) is 9.95. The zero-order chi connectivity index (χ0) is 19.2. The number of aryl methyl sites for hydroxylation is 1. The summed E-state index contributed by atoms with van der Waals surface area (Å²) in [6.07, 6.45) is 10.2. The fourth-order valence-corrected chi connectivity index (χ4v) is 3.94. The van der Waals surface area contributed by atoms with Gasteiger partial charge in [0.25, 0.3) is 0 Å². The Bertz CT molecular complexity index is 1070. The summed E-state index contributed by atoms with van der Waals surface area (Å²) in [6, 6.07) is 12.0. The molecule has 0 spiro atoms. The van der Waals surface area contributed by atoms with Crippen molar-refractivity contribution in [1.29, 1.82) is 0 Å². The Labute approximate surface area is 167 Å². The minimum atomic E-state index is 0.853. The van der Waals surface area contributed by atoms with Gasteiger partial charge in [0, 0.05) is 37.1 Å². The smallest absolute Gasteiger partial charge is 0.190 e. The highest BCUT2D eigenvalue weighted by molar-refractivity contribution is 7.07. The van der Waals surface area contributed by atoms with Crippen LogP contribution in [0.3, 0.4) is 0 Å². The van der Waals surface area contributed by atoms with Crippen LogP contribution < -0.4 is 9.54 Å². The number of ether oxygens (including phenoxy) is 1. The molecule has 4 aromatic rings. The van der Waals surface area contributed by atoms with Crippen LogP contribution in [-0.4, -0.2) is 26.2 Å². The second-order valence-corrected chi connectivity index (χ2v) is 7.10. The van der Waals surface area contributed by atoms with Crippen LogP contribution in [0.5, 0.6) is 5.75 Å². The van der Waals surface area contributed by atoms with Crippen LogP contribution in [-0.2, 0) is 13.1 Å². The van der Waals surface area contributed by atoms with E-state index in [0.717, 1.165) is 47.0 Å². The van der Waals surface area contributed by atoms with E-state index in [1.807, 2.05) is 43.0 Å². The van der Waals surface area contributed by atoms with Gasteiger partial charge in [0.2, 0.25) is 0 Å². The molecule has 0 aliphatic rings. The van der Waals surface area contributed by atoms with Crippen molar-refractivity contribution >= 4 is 17.0 Å². The van der Waals surface area contributed by atoms with Crippen LogP contribution in [0.2, 0.25) is 0 Å².